The predicted molar refractivity (Wildman–Crippen MR) is 90.5 cm³/mol. The Morgan fingerprint density at radius 3 is 2.67 bits per heavy atom. The lowest BCUT2D eigenvalue weighted by molar-refractivity contribution is -0.172. The zero-order valence-electron chi connectivity index (χ0n) is 14.0. The van der Waals surface area contributed by atoms with Crippen LogP contribution in [0.2, 0.25) is 0 Å². The molecule has 3 aliphatic rings. The van der Waals surface area contributed by atoms with Gasteiger partial charge in [-0.05, 0) is 36.8 Å². The number of amides is 2. The number of aliphatic hydroxyl groups is 1. The van der Waals surface area contributed by atoms with Gasteiger partial charge in [-0.25, -0.2) is 4.79 Å². The number of benzene rings is 1. The Kier molecular flexibility index (Phi) is 4.22. The van der Waals surface area contributed by atoms with Gasteiger partial charge in [-0.1, -0.05) is 30.7 Å². The van der Waals surface area contributed by atoms with Crippen molar-refractivity contribution in [1.29, 1.82) is 0 Å². The number of ether oxygens (including phenoxy) is 1. The molecular weight excluding hydrogens is 304 g/mol. The van der Waals surface area contributed by atoms with Crippen LogP contribution in [0, 0.1) is 11.3 Å². The van der Waals surface area contributed by atoms with Crippen LogP contribution in [0.5, 0.6) is 0 Å². The first-order chi connectivity index (χ1) is 11.7. The molecule has 1 aliphatic heterocycles. The van der Waals surface area contributed by atoms with Gasteiger partial charge in [0.15, 0.2) is 0 Å². The maximum Gasteiger partial charge on any atom is 0.315 e. The summed E-state index contributed by atoms with van der Waals surface area (Å²) in [6, 6.07) is 8.09. The molecule has 0 bridgehead atoms. The van der Waals surface area contributed by atoms with Crippen molar-refractivity contribution in [3.05, 3.63) is 35.4 Å². The fourth-order valence-corrected chi connectivity index (χ4v) is 4.78. The zero-order valence-corrected chi connectivity index (χ0v) is 14.0. The van der Waals surface area contributed by atoms with Gasteiger partial charge in [0.2, 0.25) is 0 Å². The Morgan fingerprint density at radius 1 is 1.25 bits per heavy atom. The van der Waals surface area contributed by atoms with E-state index in [2.05, 4.69) is 10.6 Å². The molecule has 1 aromatic carbocycles. The van der Waals surface area contributed by atoms with Crippen LogP contribution in [0.1, 0.15) is 36.8 Å². The SMILES string of the molecule is O=C(NCCc1ccc(CO)cc1)NC1C2CCOC2C12CCC2. The van der Waals surface area contributed by atoms with Gasteiger partial charge in [0.05, 0.1) is 12.7 Å². The fourth-order valence-electron chi connectivity index (χ4n) is 4.78. The molecule has 4 rings (SSSR count). The van der Waals surface area contributed by atoms with Crippen molar-refractivity contribution in [1.82, 2.24) is 10.6 Å². The smallest absolute Gasteiger partial charge is 0.315 e. The second kappa shape index (κ2) is 6.37. The van der Waals surface area contributed by atoms with Crippen molar-refractivity contribution in [3.63, 3.8) is 0 Å². The molecule has 5 nitrogen and oxygen atoms in total. The first-order valence-corrected chi connectivity index (χ1v) is 9.07. The Balaban J connectivity index is 1.25. The standard InChI is InChI=1S/C19H26N2O3/c22-12-14-4-2-13(3-5-14)6-10-20-18(23)21-16-15-7-11-24-17(15)19(16)8-1-9-19/h2-5,15-17,22H,1,6-12H2,(H2,20,21,23). The second-order valence-corrected chi connectivity index (χ2v) is 7.43. The summed E-state index contributed by atoms with van der Waals surface area (Å²) in [6.07, 6.45) is 5.91. The Hall–Kier alpha value is -1.59. The molecule has 24 heavy (non-hydrogen) atoms. The van der Waals surface area contributed by atoms with Crippen LogP contribution < -0.4 is 10.6 Å². The Bertz CT molecular complexity index is 597. The number of fused-ring (bicyclic) bond motifs is 2. The molecule has 3 unspecified atom stereocenters. The number of hydrogen-bond acceptors (Lipinski definition) is 3. The predicted octanol–water partition coefficient (Wildman–Crippen LogP) is 1.98. The molecule has 5 heteroatoms. The summed E-state index contributed by atoms with van der Waals surface area (Å²) < 4.78 is 5.89. The van der Waals surface area contributed by atoms with Gasteiger partial charge in [0.1, 0.15) is 0 Å². The molecule has 1 saturated heterocycles. The molecule has 0 aromatic heterocycles. The third-order valence-electron chi connectivity index (χ3n) is 6.23. The maximum absolute atomic E-state index is 12.3. The van der Waals surface area contributed by atoms with E-state index in [1.165, 1.54) is 19.3 Å². The third kappa shape index (κ3) is 2.60. The number of urea groups is 1. The van der Waals surface area contributed by atoms with Gasteiger partial charge in [0.25, 0.3) is 0 Å². The summed E-state index contributed by atoms with van der Waals surface area (Å²) in [6.45, 7) is 1.53. The normalized spacial score (nSPS) is 29.5. The first kappa shape index (κ1) is 15.9. The minimum atomic E-state index is -0.0522. The van der Waals surface area contributed by atoms with Gasteiger partial charge < -0.3 is 20.5 Å². The molecule has 1 spiro atoms. The number of aliphatic hydroxyl groups excluding tert-OH is 1. The highest BCUT2D eigenvalue weighted by molar-refractivity contribution is 5.74. The topological polar surface area (TPSA) is 70.6 Å². The molecule has 3 N–H and O–H groups in total. The van der Waals surface area contributed by atoms with Crippen molar-refractivity contribution >= 4 is 6.03 Å². The van der Waals surface area contributed by atoms with Crippen LogP contribution in [0.4, 0.5) is 4.79 Å². The van der Waals surface area contributed by atoms with Crippen molar-refractivity contribution in [2.75, 3.05) is 13.2 Å². The average molecular weight is 330 g/mol. The van der Waals surface area contributed by atoms with Crippen molar-refractivity contribution in [2.45, 2.75) is 50.9 Å². The minimum absolute atomic E-state index is 0.0522. The summed E-state index contributed by atoms with van der Waals surface area (Å²) in [4.78, 5) is 12.3. The molecular formula is C19H26N2O3. The zero-order chi connectivity index (χ0) is 16.6. The van der Waals surface area contributed by atoms with Gasteiger partial charge >= 0.3 is 6.03 Å². The highest BCUT2D eigenvalue weighted by Gasteiger charge is 2.66. The van der Waals surface area contributed by atoms with Crippen LogP contribution in [0.25, 0.3) is 0 Å². The van der Waals surface area contributed by atoms with E-state index in [9.17, 15) is 4.79 Å². The molecule has 3 atom stereocenters. The molecule has 3 fully saturated rings. The summed E-state index contributed by atoms with van der Waals surface area (Å²) in [5, 5.41) is 15.3. The number of carbonyl (C=O) groups is 1. The lowest BCUT2D eigenvalue weighted by Gasteiger charge is -2.63. The average Bonchev–Trinajstić information content (AvgIpc) is 2.97. The minimum Gasteiger partial charge on any atom is -0.392 e. The highest BCUT2D eigenvalue weighted by atomic mass is 16.5. The molecule has 2 saturated carbocycles. The van der Waals surface area contributed by atoms with Crippen LogP contribution in [-0.2, 0) is 17.8 Å². The Morgan fingerprint density at radius 2 is 2.00 bits per heavy atom. The summed E-state index contributed by atoms with van der Waals surface area (Å²) in [5.41, 5.74) is 2.31. The van der Waals surface area contributed by atoms with Crippen LogP contribution >= 0.6 is 0 Å². The maximum atomic E-state index is 12.3. The summed E-state index contributed by atoms with van der Waals surface area (Å²) in [7, 11) is 0. The lowest BCUT2D eigenvalue weighted by Crippen LogP contribution is -2.72. The number of nitrogens with one attached hydrogen (secondary N) is 2. The molecule has 1 aromatic rings. The van der Waals surface area contributed by atoms with Gasteiger partial charge in [-0.2, -0.15) is 0 Å². The summed E-state index contributed by atoms with van der Waals surface area (Å²) >= 11 is 0. The monoisotopic (exact) mass is 330 g/mol. The van der Waals surface area contributed by atoms with E-state index >= 15 is 0 Å². The second-order valence-electron chi connectivity index (χ2n) is 7.43. The first-order valence-electron chi connectivity index (χ1n) is 9.07. The van der Waals surface area contributed by atoms with Gasteiger partial charge in [-0.15, -0.1) is 0 Å². The van der Waals surface area contributed by atoms with E-state index in [4.69, 9.17) is 9.84 Å². The molecule has 2 amide bonds. The third-order valence-corrected chi connectivity index (χ3v) is 6.23. The van der Waals surface area contributed by atoms with E-state index in [0.29, 0.717) is 24.6 Å². The number of rotatable bonds is 5. The van der Waals surface area contributed by atoms with E-state index in [0.717, 1.165) is 30.6 Å². The van der Waals surface area contributed by atoms with E-state index in [1.807, 2.05) is 24.3 Å². The Labute approximate surface area is 142 Å². The van der Waals surface area contributed by atoms with E-state index in [-0.39, 0.29) is 18.1 Å². The van der Waals surface area contributed by atoms with E-state index < -0.39 is 0 Å². The van der Waals surface area contributed by atoms with Crippen LogP contribution in [0.3, 0.4) is 0 Å². The van der Waals surface area contributed by atoms with Crippen LogP contribution in [-0.4, -0.2) is 36.4 Å². The highest BCUT2D eigenvalue weighted by Crippen LogP contribution is 2.62. The number of hydrogen-bond donors (Lipinski definition) is 3. The fraction of sp³-hybridized carbons (Fsp3) is 0.632. The van der Waals surface area contributed by atoms with Crippen molar-refractivity contribution < 1.29 is 14.6 Å². The van der Waals surface area contributed by atoms with Gasteiger partial charge in [-0.3, -0.25) is 0 Å². The quantitative estimate of drug-likeness (QED) is 0.773. The van der Waals surface area contributed by atoms with Crippen molar-refractivity contribution in [3.8, 4) is 0 Å². The van der Waals surface area contributed by atoms with Gasteiger partial charge in [0, 0.05) is 30.5 Å². The van der Waals surface area contributed by atoms with Crippen molar-refractivity contribution in [2.24, 2.45) is 11.3 Å². The molecule has 0 radical (unpaired) electrons. The number of carbonyl (C=O) groups excluding carboxylic acids is 1. The molecule has 2 aliphatic carbocycles. The molecule has 130 valence electrons. The van der Waals surface area contributed by atoms with E-state index in [1.54, 1.807) is 0 Å². The molecule has 1 heterocycles. The largest absolute Gasteiger partial charge is 0.392 e. The lowest BCUT2D eigenvalue weighted by atomic mass is 9.46. The van der Waals surface area contributed by atoms with Crippen LogP contribution in [0.15, 0.2) is 24.3 Å². The summed E-state index contributed by atoms with van der Waals surface area (Å²) in [5.74, 6) is 0.516.